The number of aromatic nitrogens is 3. The summed E-state index contributed by atoms with van der Waals surface area (Å²) < 4.78 is 42.7. The Morgan fingerprint density at radius 3 is 2.69 bits per heavy atom. The van der Waals surface area contributed by atoms with Crippen LogP contribution in [0.25, 0.3) is 11.8 Å². The molecule has 0 fully saturated rings. The first-order chi connectivity index (χ1) is 13.6. The predicted octanol–water partition coefficient (Wildman–Crippen LogP) is 4.59. The van der Waals surface area contributed by atoms with Crippen LogP contribution in [-0.4, -0.2) is 37.0 Å². The van der Waals surface area contributed by atoms with E-state index in [9.17, 15) is 23.5 Å². The molecule has 10 heteroatoms. The van der Waals surface area contributed by atoms with E-state index in [1.165, 1.54) is 41.6 Å². The van der Waals surface area contributed by atoms with Crippen LogP contribution in [0.4, 0.5) is 13.2 Å². The molecule has 3 atom stereocenters. The van der Waals surface area contributed by atoms with Gasteiger partial charge in [-0.15, -0.1) is 11.6 Å². The maximum Gasteiger partial charge on any atom is 0.421 e. The van der Waals surface area contributed by atoms with Crippen molar-refractivity contribution in [1.82, 2.24) is 14.8 Å². The quantitative estimate of drug-likeness (QED) is 0.702. The van der Waals surface area contributed by atoms with E-state index < -0.39 is 23.1 Å². The zero-order valence-corrected chi connectivity index (χ0v) is 16.3. The van der Waals surface area contributed by atoms with Gasteiger partial charge in [0.15, 0.2) is 5.60 Å². The molecular weight excluding hydrogens is 428 g/mol. The number of hydrogen-bond donors (Lipinski definition) is 1. The topological polar surface area (TPSA) is 74.7 Å². The summed E-state index contributed by atoms with van der Waals surface area (Å²) >= 11 is 11.9. The Hall–Kier alpha value is -2.34. The first-order valence-corrected chi connectivity index (χ1v) is 9.33. The van der Waals surface area contributed by atoms with Crippen LogP contribution in [0.3, 0.4) is 0 Å². The van der Waals surface area contributed by atoms with Gasteiger partial charge in [0.2, 0.25) is 0 Å². The highest BCUT2D eigenvalue weighted by atomic mass is 35.5. The van der Waals surface area contributed by atoms with Crippen molar-refractivity contribution in [1.29, 1.82) is 5.26 Å². The third kappa shape index (κ3) is 4.47. The molecule has 1 aromatic carbocycles. The number of alkyl halides is 4. The molecule has 1 heterocycles. The number of halogens is 5. The number of aliphatic hydroxyl groups is 1. The lowest BCUT2D eigenvalue weighted by molar-refractivity contribution is -0.258. The van der Waals surface area contributed by atoms with Gasteiger partial charge in [0, 0.05) is 11.0 Å². The Bertz CT molecular complexity index is 982. The predicted molar refractivity (Wildman–Crippen MR) is 102 cm³/mol. The molecule has 152 valence electrons. The van der Waals surface area contributed by atoms with E-state index in [1.807, 2.05) is 6.07 Å². The number of hydrogen-bond acceptors (Lipinski definition) is 4. The summed E-state index contributed by atoms with van der Waals surface area (Å²) in [4.78, 5) is 3.80. The number of rotatable bonds is 4. The Labute approximate surface area is 174 Å². The van der Waals surface area contributed by atoms with Crippen LogP contribution in [0.5, 0.6) is 0 Å². The van der Waals surface area contributed by atoms with Crippen LogP contribution >= 0.6 is 23.2 Å². The average Bonchev–Trinajstić information content (AvgIpc) is 3.18. The second-order valence-corrected chi connectivity index (χ2v) is 7.70. The summed E-state index contributed by atoms with van der Waals surface area (Å²) in [6.45, 7) is 0. The third-order valence-corrected chi connectivity index (χ3v) is 5.31. The van der Waals surface area contributed by atoms with Crippen LogP contribution in [0.15, 0.2) is 48.0 Å². The molecule has 2 unspecified atom stereocenters. The summed E-state index contributed by atoms with van der Waals surface area (Å²) in [5.74, 6) is -1.23. The Morgan fingerprint density at radius 2 is 2.10 bits per heavy atom. The average molecular weight is 443 g/mol. The van der Waals surface area contributed by atoms with E-state index >= 15 is 0 Å². The van der Waals surface area contributed by atoms with Crippen LogP contribution in [-0.2, 0) is 0 Å². The molecule has 5 nitrogen and oxygen atoms in total. The van der Waals surface area contributed by atoms with Crippen molar-refractivity contribution in [3.63, 3.8) is 0 Å². The fourth-order valence-corrected chi connectivity index (χ4v) is 3.99. The van der Waals surface area contributed by atoms with Crippen molar-refractivity contribution in [3.05, 3.63) is 59.2 Å². The van der Waals surface area contributed by atoms with E-state index in [2.05, 4.69) is 10.1 Å². The highest BCUT2D eigenvalue weighted by Gasteiger charge is 2.57. The SMILES string of the molecule is N#Cc1cc(/C=C/[C@](O)(C2CC(Cl)=CC(Cl)C2)C(F)(F)F)ccc1-n1cncn1. The minimum Gasteiger partial charge on any atom is -0.376 e. The smallest absolute Gasteiger partial charge is 0.376 e. The van der Waals surface area contributed by atoms with Gasteiger partial charge in [-0.25, -0.2) is 9.67 Å². The van der Waals surface area contributed by atoms with Crippen LogP contribution in [0.1, 0.15) is 24.0 Å². The zero-order chi connectivity index (χ0) is 21.2. The van der Waals surface area contributed by atoms with E-state index in [4.69, 9.17) is 23.2 Å². The van der Waals surface area contributed by atoms with Crippen molar-refractivity contribution in [2.24, 2.45) is 5.92 Å². The Balaban J connectivity index is 1.95. The number of nitrogens with zero attached hydrogens (tertiary/aromatic N) is 4. The molecule has 2 aromatic rings. The van der Waals surface area contributed by atoms with Gasteiger partial charge in [0.05, 0.1) is 16.6 Å². The second-order valence-electron chi connectivity index (χ2n) is 6.65. The van der Waals surface area contributed by atoms with Gasteiger partial charge < -0.3 is 5.11 Å². The van der Waals surface area contributed by atoms with Crippen molar-refractivity contribution < 1.29 is 18.3 Å². The minimum atomic E-state index is -4.93. The summed E-state index contributed by atoms with van der Waals surface area (Å²) in [5, 5.41) is 23.3. The number of nitriles is 1. The van der Waals surface area contributed by atoms with Crippen molar-refractivity contribution >= 4 is 29.3 Å². The van der Waals surface area contributed by atoms with Crippen LogP contribution < -0.4 is 0 Å². The lowest BCUT2D eigenvalue weighted by Gasteiger charge is -2.38. The van der Waals surface area contributed by atoms with Gasteiger partial charge in [0.25, 0.3) is 0 Å². The van der Waals surface area contributed by atoms with Gasteiger partial charge in [-0.3, -0.25) is 0 Å². The van der Waals surface area contributed by atoms with Crippen molar-refractivity contribution in [2.45, 2.75) is 30.0 Å². The maximum absolute atomic E-state index is 13.8. The molecule has 29 heavy (non-hydrogen) atoms. The normalized spacial score (nSPS) is 22.2. The molecule has 3 rings (SSSR count). The monoisotopic (exact) mass is 442 g/mol. The Kier molecular flexibility index (Phi) is 6.03. The van der Waals surface area contributed by atoms with Gasteiger partial charge in [0.1, 0.15) is 18.7 Å². The molecule has 0 amide bonds. The number of allylic oxidation sites excluding steroid dienone is 2. The largest absolute Gasteiger partial charge is 0.421 e. The van der Waals surface area contributed by atoms with Gasteiger partial charge in [-0.2, -0.15) is 23.5 Å². The van der Waals surface area contributed by atoms with E-state index in [1.54, 1.807) is 0 Å². The summed E-state index contributed by atoms with van der Waals surface area (Å²) in [6.07, 6.45) is 0.855. The highest BCUT2D eigenvalue weighted by molar-refractivity contribution is 6.31. The molecule has 0 radical (unpaired) electrons. The Morgan fingerprint density at radius 1 is 1.34 bits per heavy atom. The first kappa shape index (κ1) is 21.4. The van der Waals surface area contributed by atoms with Gasteiger partial charge in [-0.1, -0.05) is 29.8 Å². The minimum absolute atomic E-state index is 0.0766. The van der Waals surface area contributed by atoms with Gasteiger partial charge in [-0.05, 0) is 36.6 Å². The maximum atomic E-state index is 13.8. The lowest BCUT2D eigenvalue weighted by atomic mass is 9.78. The summed E-state index contributed by atoms with van der Waals surface area (Å²) in [7, 11) is 0. The summed E-state index contributed by atoms with van der Waals surface area (Å²) in [6, 6.07) is 6.44. The molecule has 0 aliphatic heterocycles. The van der Waals surface area contributed by atoms with Crippen LogP contribution in [0.2, 0.25) is 0 Å². The van der Waals surface area contributed by atoms with E-state index in [-0.39, 0.29) is 23.4 Å². The standard InChI is InChI=1S/C19H15Cl2F3N4O/c20-15-6-14(7-16(21)8-15)18(29,19(22,23)24)4-3-12-1-2-17(13(5-12)9-25)28-11-26-10-27-28/h1-5,8,10-11,14-15,29H,6-7H2/b4-3+/t14?,15?,18-/m0/s1. The number of benzene rings is 1. The fraction of sp³-hybridized carbons (Fsp3) is 0.316. The zero-order valence-electron chi connectivity index (χ0n) is 14.8. The molecule has 0 saturated heterocycles. The molecule has 1 N–H and O–H groups in total. The molecule has 1 aliphatic rings. The molecule has 0 bridgehead atoms. The van der Waals surface area contributed by atoms with E-state index in [0.29, 0.717) is 17.3 Å². The fourth-order valence-electron chi connectivity index (χ4n) is 3.22. The summed E-state index contributed by atoms with van der Waals surface area (Å²) in [5.41, 5.74) is -2.18. The molecule has 0 spiro atoms. The third-order valence-electron chi connectivity index (χ3n) is 4.73. The van der Waals surface area contributed by atoms with Crippen LogP contribution in [0, 0.1) is 17.2 Å². The van der Waals surface area contributed by atoms with E-state index in [0.717, 1.165) is 6.08 Å². The van der Waals surface area contributed by atoms with Gasteiger partial charge >= 0.3 is 6.18 Å². The van der Waals surface area contributed by atoms with Crippen molar-refractivity contribution in [2.75, 3.05) is 0 Å². The molecular formula is C19H15Cl2F3N4O. The molecule has 1 aliphatic carbocycles. The molecule has 1 aromatic heterocycles. The first-order valence-electron chi connectivity index (χ1n) is 8.52. The second kappa shape index (κ2) is 8.19. The molecule has 0 saturated carbocycles. The lowest BCUT2D eigenvalue weighted by Crippen LogP contribution is -2.51. The highest BCUT2D eigenvalue weighted by Crippen LogP contribution is 2.45. The van der Waals surface area contributed by atoms with Crippen molar-refractivity contribution in [3.8, 4) is 11.8 Å².